The molecule has 1 unspecified atom stereocenters. The van der Waals surface area contributed by atoms with Crippen molar-refractivity contribution < 1.29 is 4.74 Å². The van der Waals surface area contributed by atoms with Crippen LogP contribution in [0.4, 0.5) is 0 Å². The second kappa shape index (κ2) is 6.80. The number of ether oxygens (including phenoxy) is 1. The van der Waals surface area contributed by atoms with Crippen molar-refractivity contribution in [2.24, 2.45) is 10.9 Å². The monoisotopic (exact) mass is 279 g/mol. The molecule has 0 radical (unpaired) electrons. The Kier molecular flexibility index (Phi) is 5.07. The highest BCUT2D eigenvalue weighted by Gasteiger charge is 2.19. The Hall–Kier alpha value is -1.23. The Balaban J connectivity index is 1.93. The third-order valence-corrected chi connectivity index (χ3v) is 4.15. The van der Waals surface area contributed by atoms with Gasteiger partial charge >= 0.3 is 0 Å². The predicted octanol–water partition coefficient (Wildman–Crippen LogP) is 2.70. The second-order valence-corrected chi connectivity index (χ2v) is 6.05. The number of nitrogens with zero attached hydrogens (tertiary/aromatic N) is 2. The number of aromatic nitrogens is 1. The number of amidine groups is 1. The van der Waals surface area contributed by atoms with E-state index in [1.807, 2.05) is 18.3 Å². The van der Waals surface area contributed by atoms with Crippen LogP contribution in [0.5, 0.6) is 5.88 Å². The van der Waals surface area contributed by atoms with Crippen LogP contribution in [-0.2, 0) is 6.54 Å². The molecule has 1 N–H and O–H groups in total. The van der Waals surface area contributed by atoms with E-state index in [0.29, 0.717) is 24.4 Å². The van der Waals surface area contributed by atoms with Crippen molar-refractivity contribution in [3.05, 3.63) is 23.9 Å². The molecule has 1 aliphatic heterocycles. The van der Waals surface area contributed by atoms with Crippen LogP contribution in [0.25, 0.3) is 0 Å². The van der Waals surface area contributed by atoms with Gasteiger partial charge in [-0.1, -0.05) is 31.7 Å². The number of hydrogen-bond acceptors (Lipinski definition) is 4. The number of aliphatic imine (C=N–C) groups is 1. The van der Waals surface area contributed by atoms with Crippen LogP contribution >= 0.6 is 11.8 Å². The fourth-order valence-corrected chi connectivity index (χ4v) is 2.89. The fraction of sp³-hybridized carbons (Fsp3) is 0.571. The van der Waals surface area contributed by atoms with Crippen LogP contribution < -0.4 is 10.1 Å². The van der Waals surface area contributed by atoms with Crippen molar-refractivity contribution in [2.75, 3.05) is 12.9 Å². The van der Waals surface area contributed by atoms with Gasteiger partial charge in [-0.15, -0.1) is 0 Å². The summed E-state index contributed by atoms with van der Waals surface area (Å²) in [5, 5.41) is 4.57. The molecule has 5 heteroatoms. The molecule has 4 nitrogen and oxygen atoms in total. The van der Waals surface area contributed by atoms with Gasteiger partial charge in [0.25, 0.3) is 0 Å². The molecule has 104 valence electrons. The number of rotatable bonds is 4. The van der Waals surface area contributed by atoms with Crippen molar-refractivity contribution in [2.45, 2.75) is 32.9 Å². The highest BCUT2D eigenvalue weighted by Crippen LogP contribution is 2.19. The summed E-state index contributed by atoms with van der Waals surface area (Å²) in [5.41, 5.74) is 1.10. The van der Waals surface area contributed by atoms with E-state index in [-0.39, 0.29) is 0 Å². The first-order valence-electron chi connectivity index (χ1n) is 6.61. The Morgan fingerprint density at radius 2 is 2.37 bits per heavy atom. The van der Waals surface area contributed by atoms with Gasteiger partial charge in [0, 0.05) is 24.1 Å². The molecule has 0 saturated carbocycles. The maximum Gasteiger partial charge on any atom is 0.212 e. The number of nitrogens with one attached hydrogen (secondary N) is 1. The number of thioether (sulfide) groups is 1. The lowest BCUT2D eigenvalue weighted by atomic mass is 10.0. The molecule has 2 rings (SSSR count). The molecule has 0 amide bonds. The lowest BCUT2D eigenvalue weighted by molar-refractivity contribution is 0.397. The average Bonchev–Trinajstić information content (AvgIpc) is 2.46. The normalized spacial score (nSPS) is 21.5. The van der Waals surface area contributed by atoms with E-state index in [0.717, 1.165) is 16.5 Å². The summed E-state index contributed by atoms with van der Waals surface area (Å²) in [5.74, 6) is 2.44. The summed E-state index contributed by atoms with van der Waals surface area (Å²) < 4.78 is 5.04. The minimum Gasteiger partial charge on any atom is -0.481 e. The van der Waals surface area contributed by atoms with Gasteiger partial charge in [-0.05, 0) is 17.9 Å². The number of hydrogen-bond donors (Lipinski definition) is 1. The Morgan fingerprint density at radius 1 is 1.53 bits per heavy atom. The second-order valence-electron chi connectivity index (χ2n) is 4.96. The maximum absolute atomic E-state index is 5.04. The van der Waals surface area contributed by atoms with Crippen molar-refractivity contribution in [1.82, 2.24) is 10.3 Å². The summed E-state index contributed by atoms with van der Waals surface area (Å²) in [6, 6.07) is 4.42. The van der Waals surface area contributed by atoms with Gasteiger partial charge < -0.3 is 10.1 Å². The Labute approximate surface area is 119 Å². The molecule has 0 aliphatic carbocycles. The number of pyridine rings is 1. The fourth-order valence-electron chi connectivity index (χ4n) is 1.93. The van der Waals surface area contributed by atoms with E-state index in [1.165, 1.54) is 6.42 Å². The Morgan fingerprint density at radius 3 is 3.00 bits per heavy atom. The van der Waals surface area contributed by atoms with Gasteiger partial charge in [0.05, 0.1) is 13.7 Å². The molecule has 0 aromatic carbocycles. The zero-order chi connectivity index (χ0) is 13.7. The van der Waals surface area contributed by atoms with Crippen LogP contribution in [0.1, 0.15) is 25.8 Å². The molecule has 0 bridgehead atoms. The van der Waals surface area contributed by atoms with Gasteiger partial charge in [0.15, 0.2) is 5.17 Å². The molecule has 1 saturated heterocycles. The zero-order valence-electron chi connectivity index (χ0n) is 11.7. The first-order chi connectivity index (χ1) is 9.19. The maximum atomic E-state index is 5.04. The van der Waals surface area contributed by atoms with E-state index in [9.17, 15) is 0 Å². The van der Waals surface area contributed by atoms with Crippen molar-refractivity contribution >= 4 is 16.9 Å². The van der Waals surface area contributed by atoms with Gasteiger partial charge in [-0.3, -0.25) is 4.99 Å². The van der Waals surface area contributed by atoms with Gasteiger partial charge in [-0.25, -0.2) is 4.98 Å². The van der Waals surface area contributed by atoms with Crippen molar-refractivity contribution in [3.63, 3.8) is 0 Å². The molecular formula is C14H21N3OS. The lowest BCUT2D eigenvalue weighted by Crippen LogP contribution is -2.41. The smallest absolute Gasteiger partial charge is 0.212 e. The molecule has 2 heterocycles. The summed E-state index contributed by atoms with van der Waals surface area (Å²) in [7, 11) is 1.62. The molecule has 1 aromatic heterocycles. The van der Waals surface area contributed by atoms with Gasteiger partial charge in [-0.2, -0.15) is 0 Å². The summed E-state index contributed by atoms with van der Waals surface area (Å²) in [6.45, 7) is 5.16. The molecule has 1 atom stereocenters. The third-order valence-electron chi connectivity index (χ3n) is 3.19. The van der Waals surface area contributed by atoms with E-state index < -0.39 is 0 Å². The van der Waals surface area contributed by atoms with Crippen molar-refractivity contribution in [3.8, 4) is 5.88 Å². The van der Waals surface area contributed by atoms with Crippen LogP contribution in [0.2, 0.25) is 0 Å². The summed E-state index contributed by atoms with van der Waals surface area (Å²) >= 11 is 1.81. The van der Waals surface area contributed by atoms with Crippen LogP contribution in [-0.4, -0.2) is 29.1 Å². The highest BCUT2D eigenvalue weighted by molar-refractivity contribution is 8.13. The molecule has 19 heavy (non-hydrogen) atoms. The van der Waals surface area contributed by atoms with Gasteiger partial charge in [0.1, 0.15) is 0 Å². The zero-order valence-corrected chi connectivity index (χ0v) is 12.5. The largest absolute Gasteiger partial charge is 0.481 e. The number of methoxy groups -OCH3 is 1. The predicted molar refractivity (Wildman–Crippen MR) is 80.8 cm³/mol. The SMILES string of the molecule is COc1ccc(CN=C2NC(C(C)C)CCS2)cn1. The average molecular weight is 279 g/mol. The molecule has 1 aromatic rings. The lowest BCUT2D eigenvalue weighted by Gasteiger charge is -2.28. The van der Waals surface area contributed by atoms with E-state index >= 15 is 0 Å². The molecule has 1 aliphatic rings. The standard InChI is InChI=1S/C14H21N3OS/c1-10(2)12-6-7-19-14(17-12)16-9-11-4-5-13(18-3)15-8-11/h4-5,8,10,12H,6-7,9H2,1-3H3,(H,16,17). The van der Waals surface area contributed by atoms with Crippen LogP contribution in [0, 0.1) is 5.92 Å². The summed E-state index contributed by atoms with van der Waals surface area (Å²) in [4.78, 5) is 8.81. The van der Waals surface area contributed by atoms with Crippen molar-refractivity contribution in [1.29, 1.82) is 0 Å². The molecule has 1 fully saturated rings. The van der Waals surface area contributed by atoms with Crippen LogP contribution in [0.15, 0.2) is 23.3 Å². The minimum atomic E-state index is 0.550. The van der Waals surface area contributed by atoms with E-state index in [2.05, 4.69) is 29.1 Å². The minimum absolute atomic E-state index is 0.550. The first-order valence-corrected chi connectivity index (χ1v) is 7.60. The molecular weight excluding hydrogens is 258 g/mol. The Bertz CT molecular complexity index is 431. The van der Waals surface area contributed by atoms with E-state index in [1.54, 1.807) is 18.9 Å². The third kappa shape index (κ3) is 4.13. The summed E-state index contributed by atoms with van der Waals surface area (Å²) in [6.07, 6.45) is 3.03. The van der Waals surface area contributed by atoms with Gasteiger partial charge in [0.2, 0.25) is 5.88 Å². The topological polar surface area (TPSA) is 46.5 Å². The van der Waals surface area contributed by atoms with E-state index in [4.69, 9.17) is 4.74 Å². The highest BCUT2D eigenvalue weighted by atomic mass is 32.2. The molecule has 0 spiro atoms. The quantitative estimate of drug-likeness (QED) is 0.920. The first kappa shape index (κ1) is 14.2. The van der Waals surface area contributed by atoms with Crippen LogP contribution in [0.3, 0.4) is 0 Å².